The van der Waals surface area contributed by atoms with Crippen molar-refractivity contribution < 1.29 is 6.11 Å². The molecule has 1 aromatic carbocycles. The van der Waals surface area contributed by atoms with E-state index >= 15 is 0 Å². The van der Waals surface area contributed by atoms with Crippen molar-refractivity contribution in [3.63, 3.8) is 0 Å². The summed E-state index contributed by atoms with van der Waals surface area (Å²) in [7, 11) is 0. The van der Waals surface area contributed by atoms with Crippen LogP contribution in [0.4, 0.5) is 0 Å². The summed E-state index contributed by atoms with van der Waals surface area (Å²) < 4.78 is 12.5. The topological polar surface area (TPSA) is 12.5 Å². The second-order valence-corrected chi connectivity index (χ2v) is 2.08. The van der Waals surface area contributed by atoms with Crippen LogP contribution in [-0.4, -0.2) is 6.61 Å². The molecule has 0 spiro atoms. The van der Waals surface area contributed by atoms with Gasteiger partial charge in [-0.15, -0.1) is 0 Å². The third-order valence-electron chi connectivity index (χ3n) is 1.38. The number of hydrogen-bond donors (Lipinski definition) is 0. The number of hydrogen-bond acceptors (Lipinski definition) is 1. The molecule has 0 unspecified atom stereocenters. The molecular formula is C8H8O. The smallest absolute Gasteiger partial charge is 0.106 e. The van der Waals surface area contributed by atoms with E-state index in [2.05, 4.69) is 0 Å². The lowest BCUT2D eigenvalue weighted by Gasteiger charge is -1.89. The Labute approximate surface area is 55.7 Å². The van der Waals surface area contributed by atoms with E-state index in [0.29, 0.717) is 6.61 Å². The molecule has 1 aliphatic heterocycles. The summed E-state index contributed by atoms with van der Waals surface area (Å²) in [6.07, 6.45) is -0.707. The van der Waals surface area contributed by atoms with Gasteiger partial charge in [0.05, 0.1) is 7.98 Å². The van der Waals surface area contributed by atoms with Gasteiger partial charge in [-0.05, 0) is 5.56 Å². The van der Waals surface area contributed by atoms with Crippen molar-refractivity contribution in [2.75, 3.05) is 6.61 Å². The van der Waals surface area contributed by atoms with E-state index in [4.69, 9.17) is 6.11 Å². The number of epoxide rings is 1. The molecule has 0 amide bonds. The Bertz CT molecular complexity index is 228. The van der Waals surface area contributed by atoms with Gasteiger partial charge in [0.15, 0.2) is 0 Å². The van der Waals surface area contributed by atoms with E-state index in [1.165, 1.54) is 0 Å². The Hall–Kier alpha value is -0.820. The van der Waals surface area contributed by atoms with Crippen LogP contribution in [0.25, 0.3) is 0 Å². The first-order valence-electron chi connectivity index (χ1n) is 3.51. The van der Waals surface area contributed by atoms with Crippen molar-refractivity contribution in [1.82, 2.24) is 0 Å². The Balaban J connectivity index is 2.35. The molecule has 1 saturated heterocycles. The van der Waals surface area contributed by atoms with Crippen LogP contribution in [0.2, 0.25) is 0 Å². The summed E-state index contributed by atoms with van der Waals surface area (Å²) in [4.78, 5) is 0. The highest BCUT2D eigenvalue weighted by molar-refractivity contribution is 5.19. The largest absolute Gasteiger partial charge is 0.368 e. The maximum atomic E-state index is 7.56. The third-order valence-corrected chi connectivity index (χ3v) is 1.38. The monoisotopic (exact) mass is 121 g/mol. The maximum Gasteiger partial charge on any atom is 0.106 e. The minimum atomic E-state index is -0.707. The predicted molar refractivity (Wildman–Crippen MR) is 35.1 cm³/mol. The molecule has 1 nitrogen and oxygen atoms in total. The molecule has 2 rings (SSSR count). The van der Waals surface area contributed by atoms with Crippen molar-refractivity contribution in [2.24, 2.45) is 0 Å². The van der Waals surface area contributed by atoms with Crippen LogP contribution < -0.4 is 0 Å². The third kappa shape index (κ3) is 0.958. The first-order chi connectivity index (χ1) is 4.81. The van der Waals surface area contributed by atoms with Crippen molar-refractivity contribution in [1.29, 1.82) is 0 Å². The molecule has 0 N–H and O–H groups in total. The van der Waals surface area contributed by atoms with Gasteiger partial charge in [-0.2, -0.15) is 0 Å². The van der Waals surface area contributed by atoms with Gasteiger partial charge in [0.2, 0.25) is 0 Å². The number of benzene rings is 1. The highest BCUT2D eigenvalue weighted by atomic mass is 16.6. The molecule has 1 heteroatoms. The average Bonchev–Trinajstić information content (AvgIpc) is 2.72. The highest BCUT2D eigenvalue weighted by Gasteiger charge is 2.23. The Morgan fingerprint density at radius 1 is 1.44 bits per heavy atom. The molecule has 0 radical (unpaired) electrons. The van der Waals surface area contributed by atoms with Crippen molar-refractivity contribution in [2.45, 2.75) is 6.08 Å². The average molecular weight is 121 g/mol. The summed E-state index contributed by atoms with van der Waals surface area (Å²) in [6.45, 7) is 0.539. The molecule has 1 fully saturated rings. The Morgan fingerprint density at radius 3 is 2.67 bits per heavy atom. The molecule has 1 aliphatic rings. The minimum Gasteiger partial charge on any atom is -0.368 e. The van der Waals surface area contributed by atoms with E-state index in [1.807, 2.05) is 30.3 Å². The van der Waals surface area contributed by atoms with Crippen LogP contribution in [0.5, 0.6) is 0 Å². The second kappa shape index (κ2) is 1.85. The highest BCUT2D eigenvalue weighted by Crippen LogP contribution is 2.28. The molecule has 0 bridgehead atoms. The molecule has 0 saturated carbocycles. The van der Waals surface area contributed by atoms with Crippen LogP contribution in [0.3, 0.4) is 0 Å². The summed E-state index contributed by atoms with van der Waals surface area (Å²) in [6, 6.07) is 9.62. The van der Waals surface area contributed by atoms with Crippen LogP contribution in [-0.2, 0) is 4.74 Å². The maximum absolute atomic E-state index is 7.56. The minimum absolute atomic E-state index is 0.539. The fourth-order valence-electron chi connectivity index (χ4n) is 0.827. The van der Waals surface area contributed by atoms with Crippen molar-refractivity contribution >= 4 is 0 Å². The first kappa shape index (κ1) is 4.07. The van der Waals surface area contributed by atoms with Gasteiger partial charge in [-0.1, -0.05) is 30.3 Å². The normalized spacial score (nSPS) is 33.6. The van der Waals surface area contributed by atoms with Gasteiger partial charge in [-0.3, -0.25) is 0 Å². The van der Waals surface area contributed by atoms with Crippen molar-refractivity contribution in [3.05, 3.63) is 35.9 Å². The van der Waals surface area contributed by atoms with Crippen LogP contribution in [0.1, 0.15) is 13.0 Å². The molecule has 1 aromatic rings. The Morgan fingerprint density at radius 2 is 2.11 bits per heavy atom. The van der Waals surface area contributed by atoms with E-state index in [9.17, 15) is 0 Å². The molecular weight excluding hydrogens is 112 g/mol. The lowest BCUT2D eigenvalue weighted by atomic mass is 10.2. The summed E-state index contributed by atoms with van der Waals surface area (Å²) >= 11 is 0. The fourth-order valence-corrected chi connectivity index (χ4v) is 0.827. The molecule has 46 valence electrons. The number of ether oxygens (including phenoxy) is 1. The first-order valence-corrected chi connectivity index (χ1v) is 3.01. The standard InChI is InChI=1S/C8H8O/c1-2-4-7(5-3-1)8-6-9-8/h1-5,8H,6H2/t8-/m0/s1/i8D. The molecule has 1 atom stereocenters. The zero-order valence-electron chi connectivity index (χ0n) is 6.00. The van der Waals surface area contributed by atoms with Crippen LogP contribution >= 0.6 is 0 Å². The Kier molecular flexibility index (Phi) is 0.836. The van der Waals surface area contributed by atoms with E-state index in [-0.39, 0.29) is 0 Å². The van der Waals surface area contributed by atoms with Gasteiger partial charge in [0, 0.05) is 0 Å². The van der Waals surface area contributed by atoms with Gasteiger partial charge in [-0.25, -0.2) is 0 Å². The summed E-state index contributed by atoms with van der Waals surface area (Å²) in [5, 5.41) is 0. The van der Waals surface area contributed by atoms with E-state index < -0.39 is 6.08 Å². The fraction of sp³-hybridized carbons (Fsp3) is 0.250. The lowest BCUT2D eigenvalue weighted by Crippen LogP contribution is -1.75. The van der Waals surface area contributed by atoms with Gasteiger partial charge >= 0.3 is 0 Å². The van der Waals surface area contributed by atoms with Crippen LogP contribution in [0.15, 0.2) is 30.3 Å². The molecule has 1 heterocycles. The zero-order chi connectivity index (χ0) is 7.03. The van der Waals surface area contributed by atoms with Gasteiger partial charge < -0.3 is 4.74 Å². The lowest BCUT2D eigenvalue weighted by molar-refractivity contribution is 0.415. The van der Waals surface area contributed by atoms with E-state index in [1.54, 1.807) is 0 Å². The predicted octanol–water partition coefficient (Wildman–Crippen LogP) is 1.76. The van der Waals surface area contributed by atoms with E-state index in [0.717, 1.165) is 5.56 Å². The zero-order valence-corrected chi connectivity index (χ0v) is 5.00. The van der Waals surface area contributed by atoms with Crippen molar-refractivity contribution in [3.8, 4) is 0 Å². The SMILES string of the molecule is [2H][C@@]1(c2ccccc2)CO1. The second-order valence-electron chi connectivity index (χ2n) is 2.08. The summed E-state index contributed by atoms with van der Waals surface area (Å²) in [5.41, 5.74) is 0.954. The van der Waals surface area contributed by atoms with Crippen LogP contribution in [0, 0.1) is 0 Å². The summed E-state index contributed by atoms with van der Waals surface area (Å²) in [5.74, 6) is 0. The van der Waals surface area contributed by atoms with Gasteiger partial charge in [0.1, 0.15) is 6.08 Å². The van der Waals surface area contributed by atoms with Gasteiger partial charge in [0.25, 0.3) is 0 Å². The quantitative estimate of drug-likeness (QED) is 0.516. The molecule has 0 aliphatic carbocycles. The molecule has 0 aromatic heterocycles. The molecule has 9 heavy (non-hydrogen) atoms. The number of rotatable bonds is 1.